The van der Waals surface area contributed by atoms with Crippen LogP contribution in [0.3, 0.4) is 0 Å². The van der Waals surface area contributed by atoms with E-state index in [1.807, 2.05) is 24.3 Å². The molecule has 1 unspecified atom stereocenters. The SMILES string of the molecule is CCOC(=O)c1[nH]c2ccc(N(c3ccc(C(C)(C)C)cc3)S(=O)O)cc2c1Br. The van der Waals surface area contributed by atoms with E-state index in [0.29, 0.717) is 26.9 Å². The number of hydrogen-bond acceptors (Lipinski definition) is 3. The zero-order chi connectivity index (χ0) is 21.3. The fourth-order valence-corrected chi connectivity index (χ4v) is 4.23. The molecule has 2 N–H and O–H groups in total. The molecule has 3 aromatic rings. The topological polar surface area (TPSA) is 82.6 Å². The van der Waals surface area contributed by atoms with Crippen molar-refractivity contribution in [1.82, 2.24) is 4.98 Å². The van der Waals surface area contributed by atoms with Crippen LogP contribution in [0.15, 0.2) is 46.9 Å². The van der Waals surface area contributed by atoms with E-state index in [9.17, 15) is 13.6 Å². The first kappa shape index (κ1) is 21.5. The summed E-state index contributed by atoms with van der Waals surface area (Å²) >= 11 is 1.17. The number of nitrogens with zero attached hydrogens (tertiary/aromatic N) is 1. The Morgan fingerprint density at radius 2 is 1.79 bits per heavy atom. The minimum atomic E-state index is -2.27. The average Bonchev–Trinajstić information content (AvgIpc) is 2.98. The van der Waals surface area contributed by atoms with Crippen LogP contribution in [0.25, 0.3) is 10.9 Å². The molecule has 1 atom stereocenters. The number of aromatic nitrogens is 1. The highest BCUT2D eigenvalue weighted by atomic mass is 79.9. The number of H-pyrrole nitrogens is 1. The molecule has 0 spiro atoms. The number of aromatic amines is 1. The number of rotatable bonds is 5. The van der Waals surface area contributed by atoms with E-state index in [1.54, 1.807) is 25.1 Å². The summed E-state index contributed by atoms with van der Waals surface area (Å²) in [5.41, 5.74) is 3.26. The third kappa shape index (κ3) is 4.39. The summed E-state index contributed by atoms with van der Waals surface area (Å²) in [7, 11) is 0. The zero-order valence-corrected chi connectivity index (χ0v) is 19.1. The summed E-state index contributed by atoms with van der Waals surface area (Å²) in [5.74, 6) is -0.461. The van der Waals surface area contributed by atoms with Gasteiger partial charge in [-0.25, -0.2) is 13.3 Å². The van der Waals surface area contributed by atoms with Crippen LogP contribution < -0.4 is 4.31 Å². The maximum atomic E-state index is 12.1. The van der Waals surface area contributed by atoms with Gasteiger partial charge in [-0.15, -0.1) is 0 Å². The molecular formula is C21H23BrN2O4S. The van der Waals surface area contributed by atoms with Gasteiger partial charge in [0.1, 0.15) is 5.69 Å². The third-order valence-corrected chi connectivity index (χ3v) is 6.11. The molecule has 0 amide bonds. The maximum Gasteiger partial charge on any atom is 0.355 e. The van der Waals surface area contributed by atoms with Gasteiger partial charge in [-0.05, 0) is 64.2 Å². The Bertz CT molecular complexity index is 1070. The summed E-state index contributed by atoms with van der Waals surface area (Å²) < 4.78 is 29.0. The lowest BCUT2D eigenvalue weighted by atomic mass is 9.87. The van der Waals surface area contributed by atoms with Crippen LogP contribution in [0.5, 0.6) is 0 Å². The van der Waals surface area contributed by atoms with Crippen molar-refractivity contribution in [3.8, 4) is 0 Å². The molecule has 0 saturated carbocycles. The van der Waals surface area contributed by atoms with Crippen molar-refractivity contribution >= 4 is 55.4 Å². The predicted molar refractivity (Wildman–Crippen MR) is 120 cm³/mol. The van der Waals surface area contributed by atoms with Gasteiger partial charge in [0.25, 0.3) is 11.3 Å². The molecule has 1 heterocycles. The molecule has 3 rings (SSSR count). The number of esters is 1. The number of fused-ring (bicyclic) bond motifs is 1. The fourth-order valence-electron chi connectivity index (χ4n) is 3.04. The largest absolute Gasteiger partial charge is 0.461 e. The number of ether oxygens (including phenoxy) is 1. The normalized spacial score (nSPS) is 12.8. The van der Waals surface area contributed by atoms with Crippen LogP contribution in [0, 0.1) is 0 Å². The van der Waals surface area contributed by atoms with Crippen LogP contribution in [-0.2, 0) is 21.4 Å². The predicted octanol–water partition coefficient (Wildman–Crippen LogP) is 5.68. The minimum Gasteiger partial charge on any atom is -0.461 e. The molecule has 0 aliphatic heterocycles. The summed E-state index contributed by atoms with van der Waals surface area (Å²) in [4.78, 5) is 15.1. The molecule has 1 aromatic heterocycles. The van der Waals surface area contributed by atoms with Crippen molar-refractivity contribution in [1.29, 1.82) is 0 Å². The molecular weight excluding hydrogens is 456 g/mol. The Morgan fingerprint density at radius 1 is 1.17 bits per heavy atom. The van der Waals surface area contributed by atoms with Crippen molar-refractivity contribution in [3.05, 3.63) is 58.2 Å². The van der Waals surface area contributed by atoms with Crippen molar-refractivity contribution in [2.45, 2.75) is 33.1 Å². The van der Waals surface area contributed by atoms with Gasteiger partial charge >= 0.3 is 5.97 Å². The molecule has 0 aliphatic rings. The second-order valence-electron chi connectivity index (χ2n) is 7.59. The van der Waals surface area contributed by atoms with E-state index in [-0.39, 0.29) is 12.0 Å². The first-order chi connectivity index (χ1) is 13.6. The number of carbonyl (C=O) groups is 1. The van der Waals surface area contributed by atoms with Crippen molar-refractivity contribution < 1.29 is 18.3 Å². The summed E-state index contributed by atoms with van der Waals surface area (Å²) in [5, 5.41) is 0.715. The van der Waals surface area contributed by atoms with Crippen LogP contribution in [-0.4, -0.2) is 26.3 Å². The Kier molecular flexibility index (Phi) is 6.16. The van der Waals surface area contributed by atoms with Crippen LogP contribution >= 0.6 is 15.9 Å². The van der Waals surface area contributed by atoms with Crippen LogP contribution in [0.1, 0.15) is 43.7 Å². The molecule has 0 fully saturated rings. The lowest BCUT2D eigenvalue weighted by Gasteiger charge is -2.23. The van der Waals surface area contributed by atoms with E-state index in [0.717, 1.165) is 11.1 Å². The van der Waals surface area contributed by atoms with Crippen molar-refractivity contribution in [3.63, 3.8) is 0 Å². The Hall–Kier alpha value is -2.16. The van der Waals surface area contributed by atoms with Crippen molar-refractivity contribution in [2.75, 3.05) is 10.9 Å². The highest BCUT2D eigenvalue weighted by Crippen LogP contribution is 2.35. The van der Waals surface area contributed by atoms with Gasteiger partial charge in [0.05, 0.1) is 22.5 Å². The van der Waals surface area contributed by atoms with Gasteiger partial charge in [0.2, 0.25) is 0 Å². The fraction of sp³-hybridized carbons (Fsp3) is 0.286. The zero-order valence-electron chi connectivity index (χ0n) is 16.7. The standard InChI is InChI=1S/C21H23BrN2O4S/c1-5-28-20(25)19-18(22)16-12-15(10-11-17(16)23-19)24(29(26)27)14-8-6-13(7-9-14)21(2,3)4/h6-12,23H,5H2,1-4H3,(H,26,27). The van der Waals surface area contributed by atoms with Gasteiger partial charge in [-0.3, -0.25) is 4.55 Å². The van der Waals surface area contributed by atoms with E-state index in [4.69, 9.17) is 4.74 Å². The lowest BCUT2D eigenvalue weighted by molar-refractivity contribution is 0.0519. The molecule has 8 heteroatoms. The molecule has 0 aliphatic carbocycles. The van der Waals surface area contributed by atoms with Gasteiger partial charge in [0, 0.05) is 10.9 Å². The van der Waals surface area contributed by atoms with E-state index in [2.05, 4.69) is 41.7 Å². The Balaban J connectivity index is 2.05. The lowest BCUT2D eigenvalue weighted by Crippen LogP contribution is -2.19. The van der Waals surface area contributed by atoms with Crippen LogP contribution in [0.4, 0.5) is 11.4 Å². The first-order valence-corrected chi connectivity index (χ1v) is 11.0. The van der Waals surface area contributed by atoms with Gasteiger partial charge in [0.15, 0.2) is 0 Å². The molecule has 29 heavy (non-hydrogen) atoms. The Morgan fingerprint density at radius 3 is 2.34 bits per heavy atom. The van der Waals surface area contributed by atoms with Gasteiger partial charge in [-0.1, -0.05) is 32.9 Å². The highest BCUT2D eigenvalue weighted by Gasteiger charge is 2.21. The van der Waals surface area contributed by atoms with Crippen molar-refractivity contribution in [2.24, 2.45) is 0 Å². The second-order valence-corrected chi connectivity index (χ2v) is 9.21. The van der Waals surface area contributed by atoms with E-state index >= 15 is 0 Å². The molecule has 0 saturated heterocycles. The van der Waals surface area contributed by atoms with Gasteiger partial charge in [-0.2, -0.15) is 0 Å². The number of hydrogen-bond donors (Lipinski definition) is 2. The van der Waals surface area contributed by atoms with E-state index < -0.39 is 17.2 Å². The summed E-state index contributed by atoms with van der Waals surface area (Å²) in [6, 6.07) is 12.8. The minimum absolute atomic E-state index is 0.0138. The number of anilines is 2. The number of carbonyl (C=O) groups excluding carboxylic acids is 1. The van der Waals surface area contributed by atoms with E-state index in [1.165, 1.54) is 4.31 Å². The van der Waals surface area contributed by atoms with Crippen LogP contribution in [0.2, 0.25) is 0 Å². The third-order valence-electron chi connectivity index (χ3n) is 4.56. The maximum absolute atomic E-state index is 12.1. The second kappa shape index (κ2) is 8.30. The number of nitrogens with one attached hydrogen (secondary N) is 1. The number of halogens is 1. The molecule has 2 aromatic carbocycles. The van der Waals surface area contributed by atoms with Gasteiger partial charge < -0.3 is 9.72 Å². The molecule has 6 nitrogen and oxygen atoms in total. The summed E-state index contributed by atoms with van der Waals surface area (Å²) in [6.45, 7) is 8.35. The molecule has 0 bridgehead atoms. The molecule has 154 valence electrons. The number of benzene rings is 2. The monoisotopic (exact) mass is 478 g/mol. The highest BCUT2D eigenvalue weighted by molar-refractivity contribution is 9.10. The molecule has 0 radical (unpaired) electrons. The Labute approximate surface area is 180 Å². The first-order valence-electron chi connectivity index (χ1n) is 9.13. The smallest absolute Gasteiger partial charge is 0.355 e. The average molecular weight is 479 g/mol. The summed E-state index contributed by atoms with van der Waals surface area (Å²) in [6.07, 6.45) is 0. The quantitative estimate of drug-likeness (QED) is 0.365.